The average Bonchev–Trinajstić information content (AvgIpc) is 2.91. The fourth-order valence-corrected chi connectivity index (χ4v) is 3.24. The summed E-state index contributed by atoms with van der Waals surface area (Å²) < 4.78 is 6.48. The second-order valence-corrected chi connectivity index (χ2v) is 6.68. The highest BCUT2D eigenvalue weighted by Crippen LogP contribution is 2.20. The Labute approximate surface area is 161 Å². The fraction of sp³-hybridized carbons (Fsp3) is 0.529. The first-order valence-corrected chi connectivity index (χ1v) is 8.73. The van der Waals surface area contributed by atoms with E-state index in [0.29, 0.717) is 30.8 Å². The predicted octanol–water partition coefficient (Wildman–Crippen LogP) is 1.82. The van der Waals surface area contributed by atoms with Crippen LogP contribution >= 0.6 is 12.4 Å². The number of carbonyl (C=O) groups excluding carboxylic acids is 1. The number of oxazole rings is 1. The molecule has 3 rings (SSSR count). The Balaban J connectivity index is 0.00000261. The minimum Gasteiger partial charge on any atom is -0.407 e. The Morgan fingerprint density at radius 3 is 2.96 bits per heavy atom. The van der Waals surface area contributed by atoms with Gasteiger partial charge in [0, 0.05) is 31.6 Å². The number of amides is 1. The van der Waals surface area contributed by atoms with Crippen LogP contribution in [0.3, 0.4) is 0 Å². The second-order valence-electron chi connectivity index (χ2n) is 6.68. The van der Waals surface area contributed by atoms with Crippen LogP contribution in [0.25, 0.3) is 11.1 Å². The Hall–Kier alpha value is -2.39. The minimum absolute atomic E-state index is 0. The van der Waals surface area contributed by atoms with Crippen molar-refractivity contribution in [1.82, 2.24) is 15.2 Å². The summed E-state index contributed by atoms with van der Waals surface area (Å²) in [5, 5.41) is 17.1. The lowest BCUT2D eigenvalue weighted by Crippen LogP contribution is -2.50. The molecule has 27 heavy (non-hydrogen) atoms. The van der Waals surface area contributed by atoms with E-state index in [1.165, 1.54) is 22.8 Å². The zero-order valence-corrected chi connectivity index (χ0v) is 15.8. The minimum atomic E-state index is -0.578. The van der Waals surface area contributed by atoms with Gasteiger partial charge >= 0.3 is 5.76 Å². The summed E-state index contributed by atoms with van der Waals surface area (Å²) in [6.07, 6.45) is 1.81. The first-order valence-electron chi connectivity index (χ1n) is 8.73. The number of piperidine rings is 1. The molecule has 9 nitrogen and oxygen atoms in total. The third-order valence-corrected chi connectivity index (χ3v) is 4.82. The summed E-state index contributed by atoms with van der Waals surface area (Å²) in [5.41, 5.74) is 0.537. The lowest BCUT2D eigenvalue weighted by atomic mass is 9.95. The van der Waals surface area contributed by atoms with Gasteiger partial charge < -0.3 is 15.1 Å². The van der Waals surface area contributed by atoms with Gasteiger partial charge in [0.25, 0.3) is 5.69 Å². The van der Waals surface area contributed by atoms with E-state index in [-0.39, 0.29) is 35.6 Å². The summed E-state index contributed by atoms with van der Waals surface area (Å²) >= 11 is 0. The molecule has 2 atom stereocenters. The maximum absolute atomic E-state index is 12.1. The normalized spacial score (nSPS) is 19.4. The van der Waals surface area contributed by atoms with E-state index in [0.717, 1.165) is 19.5 Å². The second kappa shape index (κ2) is 9.01. The molecule has 0 radical (unpaired) electrons. The van der Waals surface area contributed by atoms with Crippen molar-refractivity contribution in [2.24, 2.45) is 5.92 Å². The van der Waals surface area contributed by atoms with E-state index < -0.39 is 10.7 Å². The van der Waals surface area contributed by atoms with Crippen molar-refractivity contribution in [3.8, 4) is 0 Å². The van der Waals surface area contributed by atoms with Crippen LogP contribution in [0.2, 0.25) is 0 Å². The van der Waals surface area contributed by atoms with Gasteiger partial charge in [0.2, 0.25) is 5.91 Å². The summed E-state index contributed by atoms with van der Waals surface area (Å²) in [6.45, 7) is 4.19. The van der Waals surface area contributed by atoms with Crippen molar-refractivity contribution >= 4 is 35.1 Å². The van der Waals surface area contributed by atoms with Gasteiger partial charge in [0.1, 0.15) is 0 Å². The summed E-state index contributed by atoms with van der Waals surface area (Å²) in [6, 6.07) is 4.19. The molecule has 2 N–H and O–H groups in total. The SMILES string of the molecule is CC1CCNCC1NC(=O)CCCn1c(=O)oc2cc([N+](=O)[O-])ccc21.Cl. The van der Waals surface area contributed by atoms with Gasteiger partial charge in [-0.1, -0.05) is 6.92 Å². The first-order chi connectivity index (χ1) is 12.5. The molecule has 1 aliphatic rings. The Bertz CT molecular complexity index is 878. The summed E-state index contributed by atoms with van der Waals surface area (Å²) in [7, 11) is 0. The van der Waals surface area contributed by atoms with E-state index in [1.54, 1.807) is 0 Å². The van der Waals surface area contributed by atoms with Crippen molar-refractivity contribution < 1.29 is 14.1 Å². The van der Waals surface area contributed by atoms with Crippen molar-refractivity contribution in [3.05, 3.63) is 38.9 Å². The number of halogens is 1. The van der Waals surface area contributed by atoms with Gasteiger partial charge in [0.05, 0.1) is 16.5 Å². The molecule has 1 fully saturated rings. The number of carbonyl (C=O) groups is 1. The molecule has 2 aromatic rings. The van der Waals surface area contributed by atoms with Gasteiger partial charge in [0.15, 0.2) is 5.58 Å². The Morgan fingerprint density at radius 1 is 1.48 bits per heavy atom. The lowest BCUT2D eigenvalue weighted by Gasteiger charge is -2.30. The molecule has 2 unspecified atom stereocenters. The van der Waals surface area contributed by atoms with Crippen molar-refractivity contribution in [3.63, 3.8) is 0 Å². The van der Waals surface area contributed by atoms with Gasteiger partial charge in [-0.3, -0.25) is 19.5 Å². The van der Waals surface area contributed by atoms with E-state index in [4.69, 9.17) is 4.42 Å². The Morgan fingerprint density at radius 2 is 2.26 bits per heavy atom. The number of rotatable bonds is 6. The highest BCUT2D eigenvalue weighted by molar-refractivity contribution is 5.85. The maximum atomic E-state index is 12.1. The number of non-ortho nitro benzene ring substituents is 1. The number of aryl methyl sites for hydroxylation is 1. The number of nitro groups is 1. The molecule has 1 aliphatic heterocycles. The number of fused-ring (bicyclic) bond motifs is 1. The van der Waals surface area contributed by atoms with E-state index in [1.807, 2.05) is 0 Å². The monoisotopic (exact) mass is 398 g/mol. The summed E-state index contributed by atoms with van der Waals surface area (Å²) in [5.74, 6) is -0.176. The van der Waals surface area contributed by atoms with Crippen molar-refractivity contribution in [2.75, 3.05) is 13.1 Å². The molecule has 0 aliphatic carbocycles. The molecule has 1 aromatic carbocycles. The van der Waals surface area contributed by atoms with E-state index in [9.17, 15) is 19.7 Å². The summed E-state index contributed by atoms with van der Waals surface area (Å²) in [4.78, 5) is 34.4. The molecular weight excluding hydrogens is 376 g/mol. The highest BCUT2D eigenvalue weighted by Gasteiger charge is 2.22. The topological polar surface area (TPSA) is 119 Å². The largest absolute Gasteiger partial charge is 0.419 e. The molecule has 0 saturated carbocycles. The quantitative estimate of drug-likeness (QED) is 0.565. The fourth-order valence-electron chi connectivity index (χ4n) is 3.24. The van der Waals surface area contributed by atoms with Crippen LogP contribution in [0.15, 0.2) is 27.4 Å². The number of aromatic nitrogens is 1. The molecule has 1 saturated heterocycles. The number of hydrogen-bond donors (Lipinski definition) is 2. The van der Waals surface area contributed by atoms with Crippen LogP contribution < -0.4 is 16.4 Å². The number of benzene rings is 1. The van der Waals surface area contributed by atoms with Crippen LogP contribution in [0, 0.1) is 16.0 Å². The molecule has 2 heterocycles. The van der Waals surface area contributed by atoms with Gasteiger partial charge in [-0.2, -0.15) is 0 Å². The third kappa shape index (κ3) is 4.86. The predicted molar refractivity (Wildman–Crippen MR) is 102 cm³/mol. The lowest BCUT2D eigenvalue weighted by molar-refractivity contribution is -0.384. The number of nitrogens with zero attached hydrogens (tertiary/aromatic N) is 2. The smallest absolute Gasteiger partial charge is 0.407 e. The first kappa shape index (κ1) is 20.9. The number of nitro benzene ring substituents is 1. The van der Waals surface area contributed by atoms with E-state index >= 15 is 0 Å². The van der Waals surface area contributed by atoms with Gasteiger partial charge in [-0.25, -0.2) is 4.79 Å². The van der Waals surface area contributed by atoms with Crippen molar-refractivity contribution in [1.29, 1.82) is 0 Å². The zero-order valence-electron chi connectivity index (χ0n) is 15.0. The van der Waals surface area contributed by atoms with Crippen LogP contribution in [0.1, 0.15) is 26.2 Å². The number of nitrogens with one attached hydrogen (secondary N) is 2. The van der Waals surface area contributed by atoms with E-state index in [2.05, 4.69) is 17.6 Å². The van der Waals surface area contributed by atoms with Crippen LogP contribution in [0.4, 0.5) is 5.69 Å². The standard InChI is InChI=1S/C17H22N4O5.ClH/c1-11-6-7-18-10-13(11)19-16(22)3-2-8-20-14-5-4-12(21(24)25)9-15(14)26-17(20)23;/h4-5,9,11,13,18H,2-3,6-8,10H2,1H3,(H,19,22);1H. The third-order valence-electron chi connectivity index (χ3n) is 4.82. The zero-order chi connectivity index (χ0) is 18.7. The molecule has 1 amide bonds. The molecular formula is C17H23ClN4O5. The Kier molecular flexibility index (Phi) is 6.98. The highest BCUT2D eigenvalue weighted by atomic mass is 35.5. The molecule has 0 spiro atoms. The van der Waals surface area contributed by atoms with Gasteiger partial charge in [-0.05, 0) is 31.4 Å². The molecule has 148 valence electrons. The van der Waals surface area contributed by atoms with Crippen LogP contribution in [-0.4, -0.2) is 34.5 Å². The molecule has 1 aromatic heterocycles. The van der Waals surface area contributed by atoms with Gasteiger partial charge in [-0.15, -0.1) is 12.4 Å². The molecule has 0 bridgehead atoms. The van der Waals surface area contributed by atoms with Crippen LogP contribution in [0.5, 0.6) is 0 Å². The van der Waals surface area contributed by atoms with Crippen molar-refractivity contribution in [2.45, 2.75) is 38.8 Å². The molecule has 10 heteroatoms. The average molecular weight is 399 g/mol. The maximum Gasteiger partial charge on any atom is 0.419 e. The number of hydrogen-bond acceptors (Lipinski definition) is 6. The van der Waals surface area contributed by atoms with Crippen LogP contribution in [-0.2, 0) is 11.3 Å².